The van der Waals surface area contributed by atoms with E-state index in [2.05, 4.69) is 118 Å². The van der Waals surface area contributed by atoms with Gasteiger partial charge in [-0.2, -0.15) is 5.10 Å². The van der Waals surface area contributed by atoms with Crippen molar-refractivity contribution in [2.75, 3.05) is 7.11 Å². The molecule has 0 aliphatic heterocycles. The van der Waals surface area contributed by atoms with Crippen LogP contribution >= 0.6 is 0 Å². The van der Waals surface area contributed by atoms with Gasteiger partial charge in [0, 0.05) is 40.7 Å². The number of para-hydroxylation sites is 1. The van der Waals surface area contributed by atoms with Crippen molar-refractivity contribution >= 4 is 21.8 Å². The largest absolute Gasteiger partial charge is 0.497 e. The highest BCUT2D eigenvalue weighted by Crippen LogP contribution is 2.38. The van der Waals surface area contributed by atoms with Crippen LogP contribution in [0.3, 0.4) is 0 Å². The Morgan fingerprint density at radius 3 is 2.15 bits per heavy atom. The molecule has 6 heteroatoms. The molecular weight excluding hydrogens is 580 g/mol. The van der Waals surface area contributed by atoms with Gasteiger partial charge in [0.05, 0.1) is 35.2 Å². The Balaban J connectivity index is 1.33. The molecule has 0 N–H and O–H groups in total. The minimum Gasteiger partial charge on any atom is -0.497 e. The van der Waals surface area contributed by atoms with E-state index in [0.717, 1.165) is 74.7 Å². The number of pyridine rings is 1. The number of hydrogen-bond donors (Lipinski definition) is 0. The predicted molar refractivity (Wildman–Crippen MR) is 192 cm³/mol. The van der Waals surface area contributed by atoms with Gasteiger partial charge in [0.2, 0.25) is 0 Å². The van der Waals surface area contributed by atoms with E-state index < -0.39 is 0 Å². The molecule has 236 valence electrons. The number of rotatable bonds is 8. The van der Waals surface area contributed by atoms with Gasteiger partial charge in [0.25, 0.3) is 0 Å². The third kappa shape index (κ3) is 5.34. The normalized spacial score (nSPS) is 11.5. The van der Waals surface area contributed by atoms with Crippen molar-refractivity contribution in [2.24, 2.45) is 0 Å². The van der Waals surface area contributed by atoms with Gasteiger partial charge in [0.1, 0.15) is 23.1 Å². The second kappa shape index (κ2) is 12.1. The molecule has 47 heavy (non-hydrogen) atoms. The second-order valence-corrected chi connectivity index (χ2v) is 12.4. The number of ether oxygens (including phenoxy) is 2. The highest BCUT2D eigenvalue weighted by molar-refractivity contribution is 6.09. The van der Waals surface area contributed by atoms with Crippen molar-refractivity contribution in [1.29, 1.82) is 0 Å². The molecule has 6 nitrogen and oxygen atoms in total. The number of aromatic nitrogens is 4. The quantitative estimate of drug-likeness (QED) is 0.170. The molecule has 0 saturated carbocycles. The molecule has 0 aliphatic carbocycles. The Bertz CT molecular complexity index is 2270. The molecule has 0 fully saturated rings. The molecule has 0 amide bonds. The fourth-order valence-corrected chi connectivity index (χ4v) is 7.11. The van der Waals surface area contributed by atoms with Crippen molar-refractivity contribution in [2.45, 2.75) is 54.4 Å². The van der Waals surface area contributed by atoms with E-state index in [0.29, 0.717) is 0 Å². The third-order valence-corrected chi connectivity index (χ3v) is 8.99. The lowest BCUT2D eigenvalue weighted by Gasteiger charge is -2.15. The predicted octanol–water partition coefficient (Wildman–Crippen LogP) is 10.2. The van der Waals surface area contributed by atoms with E-state index in [1.807, 2.05) is 18.2 Å². The summed E-state index contributed by atoms with van der Waals surface area (Å²) in [5.41, 5.74) is 12.9. The average Bonchev–Trinajstić information content (AvgIpc) is 3.59. The van der Waals surface area contributed by atoms with Crippen LogP contribution in [0.4, 0.5) is 0 Å². The molecule has 0 unspecified atom stereocenters. The lowest BCUT2D eigenvalue weighted by Crippen LogP contribution is -2.03. The van der Waals surface area contributed by atoms with E-state index in [9.17, 15) is 0 Å². The van der Waals surface area contributed by atoms with Crippen LogP contribution in [0.2, 0.25) is 0 Å². The van der Waals surface area contributed by atoms with Gasteiger partial charge in [-0.1, -0.05) is 49.7 Å². The van der Waals surface area contributed by atoms with Crippen molar-refractivity contribution < 1.29 is 9.47 Å². The van der Waals surface area contributed by atoms with Crippen LogP contribution in [0.25, 0.3) is 44.4 Å². The van der Waals surface area contributed by atoms with Gasteiger partial charge in [-0.3, -0.25) is 4.57 Å². The number of fused-ring (bicyclic) bond motifs is 3. The summed E-state index contributed by atoms with van der Waals surface area (Å²) in [6, 6.07) is 29.4. The van der Waals surface area contributed by atoms with Crippen molar-refractivity contribution in [3.63, 3.8) is 0 Å². The molecule has 0 radical (unpaired) electrons. The SMILES string of the molecule is CCc1nn(-c2cc(C)cc(Oc3ccc4c5ccccc5n(-c5cc(OC)ccn5)c4c3)c2)c(CC)c1-c1c(C)cc(C)cc1C. The summed E-state index contributed by atoms with van der Waals surface area (Å²) in [5.74, 6) is 3.06. The summed E-state index contributed by atoms with van der Waals surface area (Å²) >= 11 is 0. The van der Waals surface area contributed by atoms with Crippen LogP contribution in [-0.2, 0) is 12.8 Å². The monoisotopic (exact) mass is 620 g/mol. The molecule has 0 spiro atoms. The maximum absolute atomic E-state index is 6.63. The minimum atomic E-state index is 0.748. The van der Waals surface area contributed by atoms with Crippen molar-refractivity contribution in [1.82, 2.24) is 19.3 Å². The fraction of sp³-hybridized carbons (Fsp3) is 0.220. The van der Waals surface area contributed by atoms with Crippen molar-refractivity contribution in [3.05, 3.63) is 125 Å². The summed E-state index contributed by atoms with van der Waals surface area (Å²) in [5, 5.41) is 7.49. The van der Waals surface area contributed by atoms with Crippen LogP contribution < -0.4 is 9.47 Å². The van der Waals surface area contributed by atoms with Crippen LogP contribution in [0.5, 0.6) is 17.2 Å². The maximum atomic E-state index is 6.63. The second-order valence-electron chi connectivity index (χ2n) is 12.4. The van der Waals surface area contributed by atoms with Crippen LogP contribution in [-0.4, -0.2) is 26.4 Å². The lowest BCUT2D eigenvalue weighted by molar-refractivity contribution is 0.414. The molecular formula is C41H40N4O2. The molecule has 3 heterocycles. The van der Waals surface area contributed by atoms with Gasteiger partial charge < -0.3 is 9.47 Å². The Morgan fingerprint density at radius 1 is 0.660 bits per heavy atom. The summed E-state index contributed by atoms with van der Waals surface area (Å²) in [7, 11) is 1.67. The third-order valence-electron chi connectivity index (χ3n) is 8.99. The van der Waals surface area contributed by atoms with E-state index in [1.54, 1.807) is 13.3 Å². The first-order chi connectivity index (χ1) is 22.8. The Kier molecular flexibility index (Phi) is 7.80. The van der Waals surface area contributed by atoms with Crippen LogP contribution in [0.1, 0.15) is 47.5 Å². The zero-order chi connectivity index (χ0) is 32.8. The number of aryl methyl sites for hydroxylation is 5. The summed E-state index contributed by atoms with van der Waals surface area (Å²) < 4.78 is 16.5. The highest BCUT2D eigenvalue weighted by atomic mass is 16.5. The highest BCUT2D eigenvalue weighted by Gasteiger charge is 2.22. The van der Waals surface area contributed by atoms with Crippen LogP contribution in [0.15, 0.2) is 91.1 Å². The topological polar surface area (TPSA) is 54.1 Å². The number of hydrogen-bond acceptors (Lipinski definition) is 4. The Hall–Kier alpha value is -5.36. The number of benzene rings is 4. The van der Waals surface area contributed by atoms with Gasteiger partial charge in [-0.05, 0) is 99.2 Å². The van der Waals surface area contributed by atoms with E-state index >= 15 is 0 Å². The molecule has 0 saturated heterocycles. The Morgan fingerprint density at radius 2 is 1.40 bits per heavy atom. The zero-order valence-corrected chi connectivity index (χ0v) is 28.2. The van der Waals surface area contributed by atoms with Crippen LogP contribution in [0, 0.1) is 27.7 Å². The summed E-state index contributed by atoms with van der Waals surface area (Å²) in [6.45, 7) is 13.1. The van der Waals surface area contributed by atoms with Crippen molar-refractivity contribution in [3.8, 4) is 39.9 Å². The molecule has 0 aliphatic rings. The summed E-state index contributed by atoms with van der Waals surface area (Å²) in [6.07, 6.45) is 3.49. The maximum Gasteiger partial charge on any atom is 0.141 e. The fourth-order valence-electron chi connectivity index (χ4n) is 7.11. The average molecular weight is 621 g/mol. The summed E-state index contributed by atoms with van der Waals surface area (Å²) in [4.78, 5) is 4.70. The van der Waals surface area contributed by atoms with E-state index in [4.69, 9.17) is 19.6 Å². The van der Waals surface area contributed by atoms with Gasteiger partial charge in [-0.15, -0.1) is 0 Å². The zero-order valence-electron chi connectivity index (χ0n) is 28.2. The van der Waals surface area contributed by atoms with Gasteiger partial charge >= 0.3 is 0 Å². The number of nitrogens with zero attached hydrogens (tertiary/aromatic N) is 4. The lowest BCUT2D eigenvalue weighted by atomic mass is 9.91. The first kappa shape index (κ1) is 30.3. The molecule has 3 aromatic heterocycles. The molecule has 0 atom stereocenters. The number of methoxy groups -OCH3 is 1. The van der Waals surface area contributed by atoms with Gasteiger partial charge in [0.15, 0.2) is 0 Å². The van der Waals surface area contributed by atoms with E-state index in [1.165, 1.54) is 33.5 Å². The Labute approximate surface area is 276 Å². The molecule has 7 aromatic rings. The first-order valence-corrected chi connectivity index (χ1v) is 16.3. The van der Waals surface area contributed by atoms with Gasteiger partial charge in [-0.25, -0.2) is 9.67 Å². The molecule has 4 aromatic carbocycles. The van der Waals surface area contributed by atoms with E-state index in [-0.39, 0.29) is 0 Å². The smallest absolute Gasteiger partial charge is 0.141 e. The first-order valence-electron chi connectivity index (χ1n) is 16.3. The minimum absolute atomic E-state index is 0.748. The standard InChI is InChI=1S/C41H40N4O2/c1-8-35-41(40-27(5)18-25(3)19-28(40)6)36(9-2)45(43-35)29-20-26(4)21-32(22-29)47-31-14-15-34-33-12-10-11-13-37(33)44(38(34)23-31)39-24-30(46-7)16-17-42-39/h10-24H,8-9H2,1-7H3. The molecule has 0 bridgehead atoms. The molecule has 7 rings (SSSR count).